The van der Waals surface area contributed by atoms with Crippen molar-refractivity contribution in [2.75, 3.05) is 31.1 Å². The topological polar surface area (TPSA) is 123 Å². The van der Waals surface area contributed by atoms with Crippen molar-refractivity contribution in [1.82, 2.24) is 29.6 Å². The van der Waals surface area contributed by atoms with E-state index in [-0.39, 0.29) is 22.2 Å². The van der Waals surface area contributed by atoms with Crippen molar-refractivity contribution >= 4 is 29.0 Å². The van der Waals surface area contributed by atoms with Crippen LogP contribution in [-0.2, 0) is 0 Å². The molecule has 0 radical (unpaired) electrons. The Labute approximate surface area is 169 Å². The minimum absolute atomic E-state index is 0.0694. The zero-order valence-electron chi connectivity index (χ0n) is 15.1. The number of nitro benzene ring substituents is 1. The van der Waals surface area contributed by atoms with Gasteiger partial charge in [-0.05, 0) is 6.07 Å². The number of halogens is 1. The molecule has 1 aliphatic rings. The van der Waals surface area contributed by atoms with E-state index in [0.717, 1.165) is 5.82 Å². The Morgan fingerprint density at radius 3 is 2.48 bits per heavy atom. The third-order valence-electron chi connectivity index (χ3n) is 4.58. The quantitative estimate of drug-likeness (QED) is 0.465. The molecule has 0 unspecified atom stereocenters. The number of hydrogen-bond donors (Lipinski definition) is 0. The van der Waals surface area contributed by atoms with Gasteiger partial charge in [-0.15, -0.1) is 0 Å². The van der Waals surface area contributed by atoms with Gasteiger partial charge >= 0.3 is 0 Å². The lowest BCUT2D eigenvalue weighted by Gasteiger charge is -2.35. The Bertz CT molecular complexity index is 1050. The lowest BCUT2D eigenvalue weighted by Crippen LogP contribution is -2.49. The molecule has 1 fully saturated rings. The Kier molecular flexibility index (Phi) is 5.04. The number of aromatic nitrogens is 5. The Balaban J connectivity index is 1.44. The number of piperazine rings is 1. The van der Waals surface area contributed by atoms with Crippen LogP contribution in [0.15, 0.2) is 43.2 Å². The van der Waals surface area contributed by atoms with E-state index in [4.69, 9.17) is 11.6 Å². The molecule has 0 saturated carbocycles. The fraction of sp³-hybridized carbons (Fsp3) is 0.235. The van der Waals surface area contributed by atoms with Gasteiger partial charge in [-0.1, -0.05) is 11.6 Å². The summed E-state index contributed by atoms with van der Waals surface area (Å²) in [5.41, 5.74) is 0.101. The molecule has 4 rings (SSSR count). The molecule has 1 aromatic carbocycles. The van der Waals surface area contributed by atoms with Crippen LogP contribution in [0.4, 0.5) is 11.5 Å². The van der Waals surface area contributed by atoms with Gasteiger partial charge in [0.2, 0.25) is 0 Å². The molecule has 3 heterocycles. The van der Waals surface area contributed by atoms with Crippen molar-refractivity contribution in [3.05, 3.63) is 63.9 Å². The molecule has 0 bridgehead atoms. The molecule has 0 aliphatic carbocycles. The standard InChI is InChI=1S/C17H15ClN8O3/c18-14-7-12(26(28)29)1-2-13(14)17(27)24-5-3-23(4-6-24)15-8-16(21-10-20-15)25-11-19-9-22-25/h1-2,7-11H,3-6H2. The molecule has 0 spiro atoms. The molecule has 1 amide bonds. The molecule has 2 aromatic heterocycles. The van der Waals surface area contributed by atoms with Gasteiger partial charge in [-0.2, -0.15) is 5.10 Å². The first kappa shape index (κ1) is 18.7. The molecule has 3 aromatic rings. The monoisotopic (exact) mass is 414 g/mol. The van der Waals surface area contributed by atoms with Gasteiger partial charge in [-0.25, -0.2) is 19.6 Å². The van der Waals surface area contributed by atoms with Crippen LogP contribution in [0, 0.1) is 10.1 Å². The number of nitro groups is 1. The van der Waals surface area contributed by atoms with Crippen molar-refractivity contribution in [3.63, 3.8) is 0 Å². The number of rotatable bonds is 4. The fourth-order valence-electron chi connectivity index (χ4n) is 3.06. The van der Waals surface area contributed by atoms with Crippen LogP contribution in [0.3, 0.4) is 0 Å². The number of non-ortho nitro benzene ring substituents is 1. The van der Waals surface area contributed by atoms with E-state index in [1.807, 2.05) is 4.90 Å². The third kappa shape index (κ3) is 3.85. The van der Waals surface area contributed by atoms with Crippen molar-refractivity contribution in [2.45, 2.75) is 0 Å². The number of benzene rings is 1. The highest BCUT2D eigenvalue weighted by atomic mass is 35.5. The molecular weight excluding hydrogens is 400 g/mol. The third-order valence-corrected chi connectivity index (χ3v) is 4.89. The minimum Gasteiger partial charge on any atom is -0.353 e. The average Bonchev–Trinajstić information content (AvgIpc) is 3.28. The SMILES string of the molecule is O=C(c1ccc([N+](=O)[O-])cc1Cl)N1CCN(c2cc(-n3cncn3)ncn2)CC1. The van der Waals surface area contributed by atoms with Crippen molar-refractivity contribution in [2.24, 2.45) is 0 Å². The second-order valence-corrected chi connectivity index (χ2v) is 6.68. The van der Waals surface area contributed by atoms with E-state index < -0.39 is 4.92 Å². The summed E-state index contributed by atoms with van der Waals surface area (Å²) in [6.07, 6.45) is 4.44. The summed E-state index contributed by atoms with van der Waals surface area (Å²) < 4.78 is 1.54. The van der Waals surface area contributed by atoms with Gasteiger partial charge in [0, 0.05) is 44.4 Å². The molecule has 1 saturated heterocycles. The van der Waals surface area contributed by atoms with Gasteiger partial charge < -0.3 is 9.80 Å². The molecule has 0 N–H and O–H groups in total. The smallest absolute Gasteiger partial charge is 0.270 e. The van der Waals surface area contributed by atoms with Crippen LogP contribution in [0.1, 0.15) is 10.4 Å². The maximum absolute atomic E-state index is 12.8. The van der Waals surface area contributed by atoms with Crippen molar-refractivity contribution < 1.29 is 9.72 Å². The first-order valence-corrected chi connectivity index (χ1v) is 9.06. The summed E-state index contributed by atoms with van der Waals surface area (Å²) in [6.45, 7) is 2.08. The molecule has 12 heteroatoms. The Morgan fingerprint density at radius 1 is 1.07 bits per heavy atom. The normalized spacial score (nSPS) is 14.1. The second-order valence-electron chi connectivity index (χ2n) is 6.27. The van der Waals surface area contributed by atoms with E-state index in [1.165, 1.54) is 30.9 Å². The van der Waals surface area contributed by atoms with Crippen LogP contribution in [-0.4, -0.2) is 66.6 Å². The molecular formula is C17H15ClN8O3. The van der Waals surface area contributed by atoms with Crippen LogP contribution >= 0.6 is 11.6 Å². The van der Waals surface area contributed by atoms with E-state index in [1.54, 1.807) is 22.0 Å². The highest BCUT2D eigenvalue weighted by molar-refractivity contribution is 6.34. The summed E-state index contributed by atoms with van der Waals surface area (Å²) >= 11 is 6.09. The van der Waals surface area contributed by atoms with E-state index >= 15 is 0 Å². The maximum atomic E-state index is 12.8. The fourth-order valence-corrected chi connectivity index (χ4v) is 3.32. The minimum atomic E-state index is -0.547. The van der Waals surface area contributed by atoms with E-state index in [9.17, 15) is 14.9 Å². The largest absolute Gasteiger partial charge is 0.353 e. The molecule has 148 valence electrons. The zero-order chi connectivity index (χ0) is 20.4. The highest BCUT2D eigenvalue weighted by Gasteiger charge is 2.25. The van der Waals surface area contributed by atoms with Crippen molar-refractivity contribution in [3.8, 4) is 5.82 Å². The highest BCUT2D eigenvalue weighted by Crippen LogP contribution is 2.24. The number of amides is 1. The summed E-state index contributed by atoms with van der Waals surface area (Å²) in [7, 11) is 0. The summed E-state index contributed by atoms with van der Waals surface area (Å²) in [4.78, 5) is 39.2. The number of anilines is 1. The summed E-state index contributed by atoms with van der Waals surface area (Å²) in [6, 6.07) is 5.67. The predicted octanol–water partition coefficient (Wildman–Crippen LogP) is 1.58. The maximum Gasteiger partial charge on any atom is 0.270 e. The zero-order valence-corrected chi connectivity index (χ0v) is 15.8. The molecule has 1 aliphatic heterocycles. The average molecular weight is 415 g/mol. The number of nitrogens with zero attached hydrogens (tertiary/aromatic N) is 8. The van der Waals surface area contributed by atoms with Gasteiger partial charge in [0.05, 0.1) is 15.5 Å². The number of carbonyl (C=O) groups is 1. The first-order chi connectivity index (χ1) is 14.0. The Hall–Kier alpha value is -3.60. The van der Waals surface area contributed by atoms with Crippen LogP contribution in [0.5, 0.6) is 0 Å². The lowest BCUT2D eigenvalue weighted by atomic mass is 10.1. The predicted molar refractivity (Wildman–Crippen MR) is 103 cm³/mol. The van der Waals surface area contributed by atoms with Crippen LogP contribution < -0.4 is 4.90 Å². The molecule has 0 atom stereocenters. The van der Waals surface area contributed by atoms with Gasteiger partial charge in [0.1, 0.15) is 24.8 Å². The first-order valence-electron chi connectivity index (χ1n) is 8.68. The molecule has 11 nitrogen and oxygen atoms in total. The summed E-state index contributed by atoms with van der Waals surface area (Å²) in [5, 5.41) is 15.0. The second kappa shape index (κ2) is 7.80. The van der Waals surface area contributed by atoms with E-state index in [2.05, 4.69) is 20.1 Å². The number of hydrogen-bond acceptors (Lipinski definition) is 8. The Morgan fingerprint density at radius 2 is 1.83 bits per heavy atom. The lowest BCUT2D eigenvalue weighted by molar-refractivity contribution is -0.384. The molecule has 29 heavy (non-hydrogen) atoms. The van der Waals surface area contributed by atoms with Gasteiger partial charge in [0.15, 0.2) is 5.82 Å². The van der Waals surface area contributed by atoms with E-state index in [0.29, 0.717) is 32.0 Å². The van der Waals surface area contributed by atoms with Crippen LogP contribution in [0.25, 0.3) is 5.82 Å². The van der Waals surface area contributed by atoms with Crippen LogP contribution in [0.2, 0.25) is 5.02 Å². The number of carbonyl (C=O) groups excluding carboxylic acids is 1. The van der Waals surface area contributed by atoms with Gasteiger partial charge in [-0.3, -0.25) is 14.9 Å². The van der Waals surface area contributed by atoms with Crippen molar-refractivity contribution in [1.29, 1.82) is 0 Å². The summed E-state index contributed by atoms with van der Waals surface area (Å²) in [5.74, 6) is 1.07. The van der Waals surface area contributed by atoms with Gasteiger partial charge in [0.25, 0.3) is 11.6 Å².